The summed E-state index contributed by atoms with van der Waals surface area (Å²) < 4.78 is 19.4. The topological polar surface area (TPSA) is 130 Å². The minimum atomic E-state index is -1.01. The predicted octanol–water partition coefficient (Wildman–Crippen LogP) is 4.51. The van der Waals surface area contributed by atoms with E-state index >= 15 is 0 Å². The van der Waals surface area contributed by atoms with Crippen LogP contribution in [-0.2, 0) is 37.5 Å². The van der Waals surface area contributed by atoms with Gasteiger partial charge >= 0.3 is 5.97 Å². The molecule has 7 rings (SSSR count). The van der Waals surface area contributed by atoms with Crippen molar-refractivity contribution in [2.45, 2.75) is 93.8 Å². The number of likely N-dealkylation sites (tertiary alicyclic amines) is 1. The van der Waals surface area contributed by atoms with Crippen LogP contribution >= 0.6 is 0 Å². The third-order valence-electron chi connectivity index (χ3n) is 11.4. The van der Waals surface area contributed by atoms with E-state index in [1.807, 2.05) is 50.2 Å². The van der Waals surface area contributed by atoms with E-state index in [0.717, 1.165) is 36.1 Å². The molecular weight excluding hydrogens is 622 g/mol. The predicted molar refractivity (Wildman–Crippen MR) is 183 cm³/mol. The first kappa shape index (κ1) is 33.4. The van der Waals surface area contributed by atoms with Gasteiger partial charge in [0.2, 0.25) is 5.91 Å². The molecule has 10 nitrogen and oxygen atoms in total. The highest BCUT2D eigenvalue weighted by atomic mass is 16.5. The molecule has 260 valence electrons. The summed E-state index contributed by atoms with van der Waals surface area (Å²) in [6.07, 6.45) is 2.70. The maximum atomic E-state index is 14.3. The van der Waals surface area contributed by atoms with Crippen LogP contribution in [0.25, 0.3) is 0 Å². The van der Waals surface area contributed by atoms with Crippen molar-refractivity contribution in [3.63, 3.8) is 0 Å². The number of esters is 1. The zero-order valence-corrected chi connectivity index (χ0v) is 28.6. The Bertz CT molecular complexity index is 1700. The summed E-state index contributed by atoms with van der Waals surface area (Å²) in [7, 11) is 3.94. The Morgan fingerprint density at radius 3 is 2.51 bits per heavy atom. The highest BCUT2D eigenvalue weighted by Gasteiger charge is 2.73. The van der Waals surface area contributed by atoms with E-state index in [1.165, 1.54) is 0 Å². The molecule has 7 atom stereocenters. The number of carbonyl (C=O) groups is 2. The molecule has 10 heteroatoms. The van der Waals surface area contributed by atoms with Gasteiger partial charge in [0.15, 0.2) is 11.5 Å². The zero-order chi connectivity index (χ0) is 34.5. The molecule has 3 unspecified atom stereocenters. The van der Waals surface area contributed by atoms with Crippen LogP contribution in [0.15, 0.2) is 66.7 Å². The number of aromatic hydroxyl groups is 2. The van der Waals surface area contributed by atoms with Gasteiger partial charge in [0.25, 0.3) is 0 Å². The van der Waals surface area contributed by atoms with Crippen molar-refractivity contribution < 1.29 is 34.0 Å². The van der Waals surface area contributed by atoms with Gasteiger partial charge in [0.05, 0.1) is 17.1 Å². The molecule has 2 aliphatic heterocycles. The maximum Gasteiger partial charge on any atom is 0.325 e. The standard InChI is InChI=1S/C39H47N3O7/c1-23(2)20-31(45)41-33(25-10-13-27(43)14-11-25)34(37(46)48-22-24-8-6-5-7-9-24)40-28-16-17-39(47-4)30-21-26-12-15-29(44)35-32(26)38(39,36(28)49-35)18-19-42(30)3/h5-15,23,28,30,33-34,36,40,43-44H,16-22H2,1-4H3,(H,41,45)/t28-,30?,33?,34-,36-,38?,39+/m0/s1. The number of phenolic OH excluding ortho intramolecular Hbond substituents is 2. The van der Waals surface area contributed by atoms with Crippen molar-refractivity contribution in [3.8, 4) is 17.2 Å². The average molecular weight is 670 g/mol. The Morgan fingerprint density at radius 1 is 1.04 bits per heavy atom. The van der Waals surface area contributed by atoms with Gasteiger partial charge in [-0.3, -0.25) is 14.9 Å². The number of hydrogen-bond donors (Lipinski definition) is 4. The van der Waals surface area contributed by atoms with Gasteiger partial charge in [-0.25, -0.2) is 0 Å². The zero-order valence-electron chi connectivity index (χ0n) is 28.6. The Morgan fingerprint density at radius 2 is 1.80 bits per heavy atom. The Kier molecular flexibility index (Phi) is 8.83. The highest BCUT2D eigenvalue weighted by Crippen LogP contribution is 2.66. The van der Waals surface area contributed by atoms with Crippen molar-refractivity contribution in [2.24, 2.45) is 5.92 Å². The van der Waals surface area contributed by atoms with Crippen LogP contribution < -0.4 is 15.4 Å². The lowest BCUT2D eigenvalue weighted by atomic mass is 9.48. The molecule has 3 aromatic rings. The molecule has 1 spiro atoms. The number of carbonyl (C=O) groups excluding carboxylic acids is 2. The van der Waals surface area contributed by atoms with Gasteiger partial charge in [0.1, 0.15) is 24.5 Å². The van der Waals surface area contributed by atoms with Crippen LogP contribution in [-0.4, -0.2) is 77.5 Å². The number of methoxy groups -OCH3 is 1. The maximum absolute atomic E-state index is 14.3. The van der Waals surface area contributed by atoms with Crippen molar-refractivity contribution in [1.29, 1.82) is 0 Å². The molecule has 49 heavy (non-hydrogen) atoms. The first-order valence-electron chi connectivity index (χ1n) is 17.4. The van der Waals surface area contributed by atoms with Crippen LogP contribution in [0, 0.1) is 5.92 Å². The number of phenols is 2. The molecule has 1 saturated heterocycles. The highest BCUT2D eigenvalue weighted by molar-refractivity contribution is 5.81. The van der Waals surface area contributed by atoms with E-state index in [2.05, 4.69) is 22.6 Å². The lowest BCUT2D eigenvalue weighted by Crippen LogP contribution is -2.78. The molecule has 4 N–H and O–H groups in total. The number of ether oxygens (including phenoxy) is 3. The second-order valence-electron chi connectivity index (χ2n) is 14.6. The molecule has 2 bridgehead atoms. The molecular formula is C39H47N3O7. The Labute approximate surface area is 287 Å². The molecule has 1 saturated carbocycles. The largest absolute Gasteiger partial charge is 0.508 e. The third kappa shape index (κ3) is 5.54. The van der Waals surface area contributed by atoms with Gasteiger partial charge in [-0.1, -0.05) is 62.4 Å². The number of nitrogens with zero attached hydrogens (tertiary/aromatic N) is 1. The number of benzene rings is 3. The molecule has 4 aliphatic rings. The number of nitrogens with one attached hydrogen (secondary N) is 2. The summed E-state index contributed by atoms with van der Waals surface area (Å²) >= 11 is 0. The second kappa shape index (κ2) is 13.0. The van der Waals surface area contributed by atoms with Crippen molar-refractivity contribution in [3.05, 3.63) is 89.0 Å². The quantitative estimate of drug-likeness (QED) is 0.218. The smallest absolute Gasteiger partial charge is 0.325 e. The lowest BCUT2D eigenvalue weighted by molar-refractivity contribution is -0.204. The number of piperidine rings is 1. The van der Waals surface area contributed by atoms with E-state index in [9.17, 15) is 19.8 Å². The first-order valence-corrected chi connectivity index (χ1v) is 17.4. The van der Waals surface area contributed by atoms with Crippen LogP contribution in [0.1, 0.15) is 67.8 Å². The van der Waals surface area contributed by atoms with Gasteiger partial charge < -0.3 is 34.6 Å². The van der Waals surface area contributed by atoms with Gasteiger partial charge in [-0.05, 0) is 80.1 Å². The summed E-state index contributed by atoms with van der Waals surface area (Å²) in [5.74, 6) is 0.0796. The third-order valence-corrected chi connectivity index (χ3v) is 11.4. The summed E-state index contributed by atoms with van der Waals surface area (Å²) in [6, 6.07) is 17.7. The van der Waals surface area contributed by atoms with Gasteiger partial charge in [0, 0.05) is 31.2 Å². The molecule has 0 aromatic heterocycles. The minimum Gasteiger partial charge on any atom is -0.508 e. The fraction of sp³-hybridized carbons (Fsp3) is 0.487. The Hall–Kier alpha value is -4.12. The SMILES string of the molecule is CO[C@@]12CC[C@H](N[C@H](C(=O)OCc3ccccc3)C(NC(=O)CC(C)C)c3ccc(O)cc3)[C@@H]3Oc4c(O)ccc5c4C31CCN(C)C2C5. The number of amides is 1. The summed E-state index contributed by atoms with van der Waals surface area (Å²) in [5.41, 5.74) is 2.56. The van der Waals surface area contributed by atoms with Crippen molar-refractivity contribution >= 4 is 11.9 Å². The molecule has 2 heterocycles. The normalized spacial score (nSPS) is 27.9. The van der Waals surface area contributed by atoms with Crippen LogP contribution in [0.5, 0.6) is 17.2 Å². The molecule has 3 aromatic carbocycles. The number of rotatable bonds is 11. The van der Waals surface area contributed by atoms with Gasteiger partial charge in [-0.15, -0.1) is 0 Å². The van der Waals surface area contributed by atoms with E-state index in [1.54, 1.807) is 37.4 Å². The summed E-state index contributed by atoms with van der Waals surface area (Å²) in [4.78, 5) is 30.1. The van der Waals surface area contributed by atoms with Crippen LogP contribution in [0.2, 0.25) is 0 Å². The molecule has 0 radical (unpaired) electrons. The van der Waals surface area contributed by atoms with E-state index in [4.69, 9.17) is 14.2 Å². The first-order chi connectivity index (χ1) is 23.6. The fourth-order valence-electron chi connectivity index (χ4n) is 9.30. The molecule has 1 amide bonds. The molecule has 2 fully saturated rings. The van der Waals surface area contributed by atoms with Crippen molar-refractivity contribution in [1.82, 2.24) is 15.5 Å². The van der Waals surface area contributed by atoms with Crippen molar-refractivity contribution in [2.75, 3.05) is 20.7 Å². The second-order valence-corrected chi connectivity index (χ2v) is 14.6. The van der Waals surface area contributed by atoms with E-state index in [-0.39, 0.29) is 48.4 Å². The van der Waals surface area contributed by atoms with Gasteiger partial charge in [-0.2, -0.15) is 0 Å². The summed E-state index contributed by atoms with van der Waals surface area (Å²) in [5, 5.41) is 28.1. The Balaban J connectivity index is 1.29. The minimum absolute atomic E-state index is 0.0676. The number of likely N-dealkylation sites (N-methyl/N-ethyl adjacent to an activating group) is 1. The van der Waals surface area contributed by atoms with Crippen LogP contribution in [0.3, 0.4) is 0 Å². The molecule has 2 aliphatic carbocycles. The van der Waals surface area contributed by atoms with E-state index in [0.29, 0.717) is 24.2 Å². The van der Waals surface area contributed by atoms with Crippen LogP contribution in [0.4, 0.5) is 0 Å². The summed E-state index contributed by atoms with van der Waals surface area (Å²) in [6.45, 7) is 4.85. The fourth-order valence-corrected chi connectivity index (χ4v) is 9.30. The number of hydrogen-bond acceptors (Lipinski definition) is 9. The lowest BCUT2D eigenvalue weighted by Gasteiger charge is -2.65. The monoisotopic (exact) mass is 669 g/mol. The average Bonchev–Trinajstić information content (AvgIpc) is 3.45. The van der Waals surface area contributed by atoms with E-state index < -0.39 is 35.2 Å².